The van der Waals surface area contributed by atoms with Crippen molar-refractivity contribution in [1.29, 1.82) is 0 Å². The highest BCUT2D eigenvalue weighted by Gasteiger charge is 2.29. The van der Waals surface area contributed by atoms with Gasteiger partial charge in [0.2, 0.25) is 0 Å². The summed E-state index contributed by atoms with van der Waals surface area (Å²) in [6.07, 6.45) is 1.65. The molecule has 0 fully saturated rings. The predicted molar refractivity (Wildman–Crippen MR) is 65.9 cm³/mol. The van der Waals surface area contributed by atoms with Crippen molar-refractivity contribution in [3.05, 3.63) is 46.5 Å². The molecule has 2 rings (SSSR count). The van der Waals surface area contributed by atoms with Crippen molar-refractivity contribution in [3.8, 4) is 0 Å². The molecule has 1 heterocycles. The Labute approximate surface area is 98.1 Å². The molecule has 0 radical (unpaired) electrons. The summed E-state index contributed by atoms with van der Waals surface area (Å²) >= 11 is 0. The van der Waals surface area contributed by atoms with E-state index in [4.69, 9.17) is 5.53 Å². The molecule has 0 aliphatic heterocycles. The molecular weight excluding hydrogens is 216 g/mol. The smallest absolute Gasteiger partial charge is 0.176 e. The molecule has 0 aliphatic carbocycles. The largest absolute Gasteiger partial charge is 0.360 e. The summed E-state index contributed by atoms with van der Waals surface area (Å²) in [5, 5.41) is 4.38. The third-order valence-corrected chi connectivity index (χ3v) is 2.68. The van der Waals surface area contributed by atoms with Gasteiger partial charge in [0, 0.05) is 27.6 Å². The average molecular weight is 228 g/mol. The molecule has 2 aromatic rings. The van der Waals surface area contributed by atoms with Crippen LogP contribution in [0.1, 0.15) is 24.2 Å². The minimum absolute atomic E-state index is 0.187. The maximum absolute atomic E-state index is 12.2. The Kier molecular flexibility index (Phi) is 2.61. The standard InChI is InChI=1S/C12H12N4O/c1-12(2,15-16-13)11(17)9-7-14-10-6-4-3-5-8(9)10/h3-7,14H,1-2H3. The molecule has 5 nitrogen and oxygen atoms in total. The van der Waals surface area contributed by atoms with Crippen LogP contribution in [-0.4, -0.2) is 16.3 Å². The van der Waals surface area contributed by atoms with Crippen LogP contribution in [0.15, 0.2) is 35.6 Å². The Morgan fingerprint density at radius 2 is 2.12 bits per heavy atom. The van der Waals surface area contributed by atoms with E-state index >= 15 is 0 Å². The summed E-state index contributed by atoms with van der Waals surface area (Å²) in [4.78, 5) is 18.0. The van der Waals surface area contributed by atoms with Gasteiger partial charge in [-0.25, -0.2) is 0 Å². The first-order valence-electron chi connectivity index (χ1n) is 5.23. The number of benzene rings is 1. The Hall–Kier alpha value is -2.26. The van der Waals surface area contributed by atoms with Crippen molar-refractivity contribution >= 4 is 16.7 Å². The molecule has 0 spiro atoms. The lowest BCUT2D eigenvalue weighted by atomic mass is 9.94. The number of hydrogen-bond donors (Lipinski definition) is 1. The Morgan fingerprint density at radius 3 is 2.82 bits per heavy atom. The van der Waals surface area contributed by atoms with E-state index in [0.717, 1.165) is 10.9 Å². The number of ketones is 1. The van der Waals surface area contributed by atoms with Gasteiger partial charge in [0.05, 0.1) is 0 Å². The molecule has 0 saturated heterocycles. The van der Waals surface area contributed by atoms with Gasteiger partial charge < -0.3 is 4.98 Å². The van der Waals surface area contributed by atoms with Crippen LogP contribution in [0.25, 0.3) is 21.3 Å². The molecule has 0 unspecified atom stereocenters. The monoisotopic (exact) mass is 228 g/mol. The first kappa shape index (κ1) is 11.2. The van der Waals surface area contributed by atoms with Crippen LogP contribution in [0.3, 0.4) is 0 Å². The first-order chi connectivity index (χ1) is 8.06. The number of nitrogens with zero attached hydrogens (tertiary/aromatic N) is 3. The number of hydrogen-bond acceptors (Lipinski definition) is 2. The van der Waals surface area contributed by atoms with Gasteiger partial charge in [-0.1, -0.05) is 23.3 Å². The summed E-state index contributed by atoms with van der Waals surface area (Å²) in [6, 6.07) is 7.52. The fourth-order valence-corrected chi connectivity index (χ4v) is 1.75. The van der Waals surface area contributed by atoms with E-state index in [1.54, 1.807) is 20.0 Å². The van der Waals surface area contributed by atoms with Crippen molar-refractivity contribution in [1.82, 2.24) is 4.98 Å². The van der Waals surface area contributed by atoms with Gasteiger partial charge in [0.15, 0.2) is 5.78 Å². The van der Waals surface area contributed by atoms with E-state index in [-0.39, 0.29) is 5.78 Å². The zero-order valence-electron chi connectivity index (χ0n) is 9.64. The number of carbonyl (C=O) groups excluding carboxylic acids is 1. The van der Waals surface area contributed by atoms with E-state index in [1.165, 1.54) is 0 Å². The van der Waals surface area contributed by atoms with Crippen LogP contribution >= 0.6 is 0 Å². The van der Waals surface area contributed by atoms with Gasteiger partial charge in [-0.3, -0.25) is 4.79 Å². The molecule has 0 bridgehead atoms. The van der Waals surface area contributed by atoms with Gasteiger partial charge >= 0.3 is 0 Å². The van der Waals surface area contributed by atoms with Crippen molar-refractivity contribution in [2.24, 2.45) is 5.11 Å². The number of rotatable bonds is 3. The van der Waals surface area contributed by atoms with Gasteiger partial charge in [0.1, 0.15) is 5.54 Å². The summed E-state index contributed by atoms with van der Waals surface area (Å²) in [5.41, 5.74) is 8.84. The summed E-state index contributed by atoms with van der Waals surface area (Å²) in [6.45, 7) is 3.22. The minimum atomic E-state index is -1.07. The third-order valence-electron chi connectivity index (χ3n) is 2.68. The number of Topliss-reactive ketones (excluding diaryl/α,β-unsaturated/α-hetero) is 1. The van der Waals surface area contributed by atoms with E-state index < -0.39 is 5.54 Å². The number of aromatic nitrogens is 1. The number of fused-ring (bicyclic) bond motifs is 1. The zero-order chi connectivity index (χ0) is 12.5. The summed E-state index contributed by atoms with van der Waals surface area (Å²) in [7, 11) is 0. The number of aromatic amines is 1. The second kappa shape index (κ2) is 3.96. The van der Waals surface area contributed by atoms with Crippen LogP contribution in [-0.2, 0) is 0 Å². The lowest BCUT2D eigenvalue weighted by molar-refractivity contribution is 0.0915. The Morgan fingerprint density at radius 1 is 1.41 bits per heavy atom. The van der Waals surface area contributed by atoms with Crippen LogP contribution in [0.5, 0.6) is 0 Å². The fourth-order valence-electron chi connectivity index (χ4n) is 1.75. The number of H-pyrrole nitrogens is 1. The molecule has 1 aromatic carbocycles. The predicted octanol–water partition coefficient (Wildman–Crippen LogP) is 3.44. The highest BCUT2D eigenvalue weighted by molar-refractivity contribution is 6.12. The second-order valence-corrected chi connectivity index (χ2v) is 4.33. The molecule has 86 valence electrons. The highest BCUT2D eigenvalue weighted by Crippen LogP contribution is 2.24. The van der Waals surface area contributed by atoms with Crippen molar-refractivity contribution in [2.75, 3.05) is 0 Å². The topological polar surface area (TPSA) is 81.6 Å². The average Bonchev–Trinajstić information content (AvgIpc) is 2.71. The van der Waals surface area contributed by atoms with Crippen LogP contribution < -0.4 is 0 Å². The van der Waals surface area contributed by atoms with E-state index in [0.29, 0.717) is 5.56 Å². The molecular formula is C12H12N4O. The normalized spacial score (nSPS) is 11.2. The van der Waals surface area contributed by atoms with Gasteiger partial charge in [-0.05, 0) is 25.4 Å². The maximum Gasteiger partial charge on any atom is 0.176 e. The summed E-state index contributed by atoms with van der Waals surface area (Å²) in [5.74, 6) is -0.187. The molecule has 0 aliphatic rings. The van der Waals surface area contributed by atoms with Gasteiger partial charge in [0.25, 0.3) is 0 Å². The van der Waals surface area contributed by atoms with Crippen LogP contribution in [0.2, 0.25) is 0 Å². The van der Waals surface area contributed by atoms with E-state index in [2.05, 4.69) is 15.0 Å². The lowest BCUT2D eigenvalue weighted by Crippen LogP contribution is -2.28. The second-order valence-electron chi connectivity index (χ2n) is 4.33. The van der Waals surface area contributed by atoms with Gasteiger partial charge in [-0.15, -0.1) is 0 Å². The van der Waals surface area contributed by atoms with Crippen molar-refractivity contribution < 1.29 is 4.79 Å². The van der Waals surface area contributed by atoms with E-state index in [1.807, 2.05) is 24.3 Å². The molecule has 17 heavy (non-hydrogen) atoms. The maximum atomic E-state index is 12.2. The molecule has 5 heteroatoms. The zero-order valence-corrected chi connectivity index (χ0v) is 9.64. The summed E-state index contributed by atoms with van der Waals surface area (Å²) < 4.78 is 0. The number of nitrogens with one attached hydrogen (secondary N) is 1. The quantitative estimate of drug-likeness (QED) is 0.371. The Balaban J connectivity index is 2.54. The highest BCUT2D eigenvalue weighted by atomic mass is 16.1. The lowest BCUT2D eigenvalue weighted by Gasteiger charge is -2.15. The van der Waals surface area contributed by atoms with Crippen molar-refractivity contribution in [2.45, 2.75) is 19.4 Å². The fraction of sp³-hybridized carbons (Fsp3) is 0.250. The van der Waals surface area contributed by atoms with Crippen molar-refractivity contribution in [3.63, 3.8) is 0 Å². The SMILES string of the molecule is CC(C)(N=[N+]=[N-])C(=O)c1c[nH]c2ccccc12. The molecule has 0 saturated carbocycles. The molecule has 0 atom stereocenters. The van der Waals surface area contributed by atoms with E-state index in [9.17, 15) is 4.79 Å². The molecule has 1 aromatic heterocycles. The number of azide groups is 1. The molecule has 1 N–H and O–H groups in total. The van der Waals surface area contributed by atoms with Gasteiger partial charge in [-0.2, -0.15) is 0 Å². The molecule has 0 amide bonds. The van der Waals surface area contributed by atoms with Crippen LogP contribution in [0.4, 0.5) is 0 Å². The Bertz CT molecular complexity index is 620. The minimum Gasteiger partial charge on any atom is -0.360 e. The number of para-hydroxylation sites is 1. The van der Waals surface area contributed by atoms with Crippen LogP contribution in [0, 0.1) is 0 Å². The first-order valence-corrected chi connectivity index (χ1v) is 5.23. The third kappa shape index (κ3) is 1.88. The number of carbonyl (C=O) groups is 1.